The summed E-state index contributed by atoms with van der Waals surface area (Å²) in [6.45, 7) is 1.88. The van der Waals surface area contributed by atoms with Crippen molar-refractivity contribution in [2.24, 2.45) is 0 Å². The van der Waals surface area contributed by atoms with Gasteiger partial charge in [-0.3, -0.25) is 4.79 Å². The summed E-state index contributed by atoms with van der Waals surface area (Å²) < 4.78 is 13.7. The number of carbonyl (C=O) groups excluding carboxylic acids is 1. The Morgan fingerprint density at radius 1 is 1.19 bits per heavy atom. The van der Waals surface area contributed by atoms with Gasteiger partial charge >= 0.3 is 0 Å². The van der Waals surface area contributed by atoms with E-state index in [9.17, 15) is 9.18 Å². The Morgan fingerprint density at radius 2 is 2.00 bits per heavy atom. The normalized spacial score (nSPS) is 14.4. The number of benzene rings is 1. The van der Waals surface area contributed by atoms with Crippen molar-refractivity contribution in [3.63, 3.8) is 0 Å². The van der Waals surface area contributed by atoms with Crippen molar-refractivity contribution < 1.29 is 9.18 Å². The van der Waals surface area contributed by atoms with E-state index in [4.69, 9.17) is 0 Å². The van der Waals surface area contributed by atoms with Gasteiger partial charge in [-0.2, -0.15) is 0 Å². The van der Waals surface area contributed by atoms with Crippen LogP contribution in [0.3, 0.4) is 0 Å². The van der Waals surface area contributed by atoms with Crippen molar-refractivity contribution in [3.05, 3.63) is 51.0 Å². The van der Waals surface area contributed by atoms with Gasteiger partial charge in [-0.25, -0.2) is 4.39 Å². The second-order valence-electron chi connectivity index (χ2n) is 5.56. The van der Waals surface area contributed by atoms with Gasteiger partial charge in [-0.05, 0) is 61.9 Å². The maximum atomic E-state index is 13.7. The number of rotatable bonds is 2. The highest BCUT2D eigenvalue weighted by atomic mass is 32.1. The van der Waals surface area contributed by atoms with Crippen LogP contribution >= 0.6 is 11.3 Å². The summed E-state index contributed by atoms with van der Waals surface area (Å²) in [6.07, 6.45) is 5.76. The van der Waals surface area contributed by atoms with Gasteiger partial charge in [0.25, 0.3) is 5.91 Å². The number of fused-ring (bicyclic) bond motifs is 1. The zero-order chi connectivity index (χ0) is 14.8. The zero-order valence-corrected chi connectivity index (χ0v) is 12.9. The summed E-state index contributed by atoms with van der Waals surface area (Å²) in [4.78, 5) is 14.3. The van der Waals surface area contributed by atoms with Crippen LogP contribution in [0, 0.1) is 12.7 Å². The molecule has 0 bridgehead atoms. The van der Waals surface area contributed by atoms with Gasteiger partial charge in [0.2, 0.25) is 0 Å². The first-order valence-corrected chi connectivity index (χ1v) is 8.14. The maximum absolute atomic E-state index is 13.7. The monoisotopic (exact) mass is 303 g/mol. The van der Waals surface area contributed by atoms with Crippen molar-refractivity contribution in [3.8, 4) is 0 Å². The number of nitrogens with one attached hydrogen (secondary N) is 1. The third-order valence-corrected chi connectivity index (χ3v) is 5.08. The molecule has 110 valence electrons. The van der Waals surface area contributed by atoms with Crippen LogP contribution in [0.5, 0.6) is 0 Å². The molecule has 0 saturated carbocycles. The molecule has 3 rings (SSSR count). The van der Waals surface area contributed by atoms with Gasteiger partial charge in [0.05, 0.1) is 10.6 Å². The molecule has 1 amide bonds. The summed E-state index contributed by atoms with van der Waals surface area (Å²) in [6, 6.07) is 6.72. The number of hydrogen-bond acceptors (Lipinski definition) is 2. The number of aryl methyl sites for hydroxylation is 3. The van der Waals surface area contributed by atoms with Gasteiger partial charge < -0.3 is 5.32 Å². The quantitative estimate of drug-likeness (QED) is 0.799. The van der Waals surface area contributed by atoms with Crippen molar-refractivity contribution >= 4 is 22.9 Å². The molecule has 0 fully saturated rings. The van der Waals surface area contributed by atoms with Crippen molar-refractivity contribution in [1.29, 1.82) is 0 Å². The van der Waals surface area contributed by atoms with E-state index in [-0.39, 0.29) is 11.6 Å². The van der Waals surface area contributed by atoms with Crippen LogP contribution in [0.1, 0.15) is 44.9 Å². The number of carbonyl (C=O) groups is 1. The minimum absolute atomic E-state index is 0.211. The van der Waals surface area contributed by atoms with Crippen LogP contribution < -0.4 is 5.32 Å². The Kier molecular flexibility index (Phi) is 4.06. The average molecular weight is 303 g/mol. The Labute approximate surface area is 128 Å². The Balaban J connectivity index is 1.81. The smallest absolute Gasteiger partial charge is 0.265 e. The van der Waals surface area contributed by atoms with E-state index in [1.165, 1.54) is 35.8 Å². The lowest BCUT2D eigenvalue weighted by atomic mass is 10.1. The highest BCUT2D eigenvalue weighted by Crippen LogP contribution is 2.29. The summed E-state index contributed by atoms with van der Waals surface area (Å²) in [5, 5.41) is 2.69. The van der Waals surface area contributed by atoms with Gasteiger partial charge in [-0.15, -0.1) is 11.3 Å². The van der Waals surface area contributed by atoms with Crippen LogP contribution in [0.25, 0.3) is 0 Å². The van der Waals surface area contributed by atoms with E-state index in [0.717, 1.165) is 18.4 Å². The fourth-order valence-corrected chi connectivity index (χ4v) is 3.85. The predicted octanol–water partition coefficient (Wildman–Crippen LogP) is 4.72. The highest BCUT2D eigenvalue weighted by molar-refractivity contribution is 7.14. The molecule has 1 aromatic carbocycles. The molecule has 0 atom stereocenters. The molecule has 2 aromatic rings. The van der Waals surface area contributed by atoms with Gasteiger partial charge in [-0.1, -0.05) is 12.5 Å². The van der Waals surface area contributed by atoms with E-state index in [1.54, 1.807) is 23.5 Å². The summed E-state index contributed by atoms with van der Waals surface area (Å²) in [5.74, 6) is -0.607. The number of anilines is 1. The molecule has 21 heavy (non-hydrogen) atoms. The fraction of sp³-hybridized carbons (Fsp3) is 0.353. The number of thiophene rings is 1. The number of amides is 1. The van der Waals surface area contributed by atoms with Crippen LogP contribution in [0.15, 0.2) is 24.3 Å². The van der Waals surface area contributed by atoms with E-state index in [1.807, 2.05) is 13.0 Å². The summed E-state index contributed by atoms with van der Waals surface area (Å²) in [7, 11) is 0. The first-order chi connectivity index (χ1) is 10.1. The SMILES string of the molecule is Cc1ccc(F)c(NC(=O)c2cc3c(s2)CCCCC3)c1. The van der Waals surface area contributed by atoms with E-state index in [2.05, 4.69) is 5.32 Å². The number of halogens is 1. The molecule has 0 saturated heterocycles. The molecule has 1 aromatic heterocycles. The van der Waals surface area contributed by atoms with Gasteiger partial charge in [0, 0.05) is 4.88 Å². The Hall–Kier alpha value is -1.68. The van der Waals surface area contributed by atoms with Gasteiger partial charge in [0.15, 0.2) is 0 Å². The highest BCUT2D eigenvalue weighted by Gasteiger charge is 2.17. The predicted molar refractivity (Wildman–Crippen MR) is 84.7 cm³/mol. The van der Waals surface area contributed by atoms with Crippen molar-refractivity contribution in [2.75, 3.05) is 5.32 Å². The minimum atomic E-state index is -0.396. The molecule has 1 aliphatic carbocycles. The lowest BCUT2D eigenvalue weighted by Crippen LogP contribution is -2.11. The van der Waals surface area contributed by atoms with E-state index < -0.39 is 5.82 Å². The van der Waals surface area contributed by atoms with E-state index >= 15 is 0 Å². The maximum Gasteiger partial charge on any atom is 0.265 e. The third kappa shape index (κ3) is 3.16. The van der Waals surface area contributed by atoms with E-state index in [0.29, 0.717) is 4.88 Å². The molecule has 1 N–H and O–H groups in total. The second kappa shape index (κ2) is 5.98. The third-order valence-electron chi connectivity index (χ3n) is 3.84. The van der Waals surface area contributed by atoms with Crippen LogP contribution in [0.2, 0.25) is 0 Å². The van der Waals surface area contributed by atoms with Gasteiger partial charge in [0.1, 0.15) is 5.82 Å². The molecule has 0 aliphatic heterocycles. The average Bonchev–Trinajstić information content (AvgIpc) is 2.74. The van der Waals surface area contributed by atoms with Crippen molar-refractivity contribution in [2.45, 2.75) is 39.0 Å². The Bertz CT molecular complexity index is 654. The first-order valence-electron chi connectivity index (χ1n) is 7.32. The van der Waals surface area contributed by atoms with Crippen LogP contribution in [-0.2, 0) is 12.8 Å². The topological polar surface area (TPSA) is 29.1 Å². The molecule has 0 spiro atoms. The minimum Gasteiger partial charge on any atom is -0.319 e. The molecule has 2 nitrogen and oxygen atoms in total. The molecule has 1 heterocycles. The molecule has 0 radical (unpaired) electrons. The molecular weight excluding hydrogens is 285 g/mol. The van der Waals surface area contributed by atoms with Crippen LogP contribution in [-0.4, -0.2) is 5.91 Å². The zero-order valence-electron chi connectivity index (χ0n) is 12.0. The fourth-order valence-electron chi connectivity index (χ4n) is 2.70. The Morgan fingerprint density at radius 3 is 2.86 bits per heavy atom. The first kappa shape index (κ1) is 14.3. The molecule has 0 unspecified atom stereocenters. The molecule has 1 aliphatic rings. The van der Waals surface area contributed by atoms with Crippen LogP contribution in [0.4, 0.5) is 10.1 Å². The second-order valence-corrected chi connectivity index (χ2v) is 6.69. The summed E-state index contributed by atoms with van der Waals surface area (Å²) in [5.41, 5.74) is 2.48. The molecule has 4 heteroatoms. The molecular formula is C17H18FNOS. The lowest BCUT2D eigenvalue weighted by molar-refractivity contribution is 0.103. The summed E-state index contributed by atoms with van der Waals surface area (Å²) >= 11 is 1.55. The lowest BCUT2D eigenvalue weighted by Gasteiger charge is -2.06. The largest absolute Gasteiger partial charge is 0.319 e. The standard InChI is InChI=1S/C17H18FNOS/c1-11-7-8-13(18)14(9-11)19-17(20)16-10-12-5-3-2-4-6-15(12)21-16/h7-10H,2-6H2,1H3,(H,19,20). The van der Waals surface area contributed by atoms with Crippen molar-refractivity contribution in [1.82, 2.24) is 0 Å². The number of hydrogen-bond donors (Lipinski definition) is 1.